The second-order valence-corrected chi connectivity index (χ2v) is 4.76. The van der Waals surface area contributed by atoms with Crippen molar-refractivity contribution in [2.24, 2.45) is 5.73 Å². The van der Waals surface area contributed by atoms with Crippen molar-refractivity contribution in [1.82, 2.24) is 0 Å². The number of carbonyl (C=O) groups is 1. The summed E-state index contributed by atoms with van der Waals surface area (Å²) in [6.07, 6.45) is 0. The number of carbonyl (C=O) groups excluding carboxylic acids is 1. The van der Waals surface area contributed by atoms with Crippen molar-refractivity contribution in [2.45, 2.75) is 0 Å². The van der Waals surface area contributed by atoms with Gasteiger partial charge in [-0.1, -0.05) is 18.2 Å². The van der Waals surface area contributed by atoms with Crippen LogP contribution in [0.25, 0.3) is 22.1 Å². The van der Waals surface area contributed by atoms with E-state index < -0.39 is 11.5 Å². The average Bonchev–Trinajstić information content (AvgIpc) is 2.53. The summed E-state index contributed by atoms with van der Waals surface area (Å²) in [5.74, 6) is 0.00534. The van der Waals surface area contributed by atoms with E-state index in [9.17, 15) is 9.59 Å². The Hall–Kier alpha value is -3.08. The van der Waals surface area contributed by atoms with Crippen LogP contribution in [0.5, 0.6) is 5.75 Å². The number of hydrogen-bond donors (Lipinski definition) is 1. The van der Waals surface area contributed by atoms with E-state index in [1.165, 1.54) is 7.11 Å². The Kier molecular flexibility index (Phi) is 3.39. The van der Waals surface area contributed by atoms with Gasteiger partial charge in [-0.2, -0.15) is 0 Å². The fourth-order valence-corrected chi connectivity index (χ4v) is 2.34. The molecule has 0 fully saturated rings. The molecule has 22 heavy (non-hydrogen) atoms. The minimum absolute atomic E-state index is 0.280. The standard InChI is InChI=1S/C17H13NO4/c1-21-11-7-6-10-8-14(17(20)22-15(10)9-11)12-4-2-3-5-13(12)16(18)19/h2-9H,1H3,(H2,18,19). The Morgan fingerprint density at radius 3 is 2.59 bits per heavy atom. The van der Waals surface area contributed by atoms with E-state index >= 15 is 0 Å². The van der Waals surface area contributed by atoms with Crippen LogP contribution in [-0.2, 0) is 0 Å². The molecule has 3 rings (SSSR count). The molecule has 0 radical (unpaired) electrons. The minimum atomic E-state index is -0.593. The molecule has 5 nitrogen and oxygen atoms in total. The first-order valence-electron chi connectivity index (χ1n) is 6.61. The van der Waals surface area contributed by atoms with Gasteiger partial charge in [0.1, 0.15) is 11.3 Å². The van der Waals surface area contributed by atoms with Gasteiger partial charge in [-0.15, -0.1) is 0 Å². The quantitative estimate of drug-likeness (QED) is 0.753. The molecule has 110 valence electrons. The van der Waals surface area contributed by atoms with Crippen LogP contribution in [0.2, 0.25) is 0 Å². The maximum absolute atomic E-state index is 12.2. The SMILES string of the molecule is COc1ccc2cc(-c3ccccc3C(N)=O)c(=O)oc2c1. The topological polar surface area (TPSA) is 82.5 Å². The molecule has 0 aliphatic rings. The Morgan fingerprint density at radius 1 is 1.09 bits per heavy atom. The van der Waals surface area contributed by atoms with E-state index in [2.05, 4.69) is 0 Å². The molecule has 0 spiro atoms. The van der Waals surface area contributed by atoms with Gasteiger partial charge in [-0.25, -0.2) is 4.79 Å². The first kappa shape index (κ1) is 13.9. The number of fused-ring (bicyclic) bond motifs is 1. The Bertz CT molecular complexity index is 927. The number of rotatable bonds is 3. The van der Waals surface area contributed by atoms with Gasteiger partial charge in [0, 0.05) is 22.6 Å². The number of methoxy groups -OCH3 is 1. The molecule has 5 heteroatoms. The fourth-order valence-electron chi connectivity index (χ4n) is 2.34. The van der Waals surface area contributed by atoms with Gasteiger partial charge in [-0.05, 0) is 24.3 Å². The van der Waals surface area contributed by atoms with Crippen molar-refractivity contribution < 1.29 is 13.9 Å². The van der Waals surface area contributed by atoms with Crippen LogP contribution in [0.1, 0.15) is 10.4 Å². The molecule has 2 N–H and O–H groups in total. The summed E-state index contributed by atoms with van der Waals surface area (Å²) in [7, 11) is 1.54. The zero-order valence-electron chi connectivity index (χ0n) is 11.8. The van der Waals surface area contributed by atoms with E-state index in [1.54, 1.807) is 48.5 Å². The first-order chi connectivity index (χ1) is 10.6. The van der Waals surface area contributed by atoms with Gasteiger partial charge in [-0.3, -0.25) is 4.79 Å². The third-order valence-electron chi connectivity index (χ3n) is 3.43. The zero-order chi connectivity index (χ0) is 15.7. The molecular formula is C17H13NO4. The summed E-state index contributed by atoms with van der Waals surface area (Å²) in [6, 6.07) is 13.6. The maximum atomic E-state index is 12.2. The van der Waals surface area contributed by atoms with Crippen molar-refractivity contribution in [3.63, 3.8) is 0 Å². The number of amides is 1. The summed E-state index contributed by atoms with van der Waals surface area (Å²) in [5.41, 5.74) is 6.29. The van der Waals surface area contributed by atoms with E-state index in [0.29, 0.717) is 22.5 Å². The van der Waals surface area contributed by atoms with Crippen molar-refractivity contribution in [2.75, 3.05) is 7.11 Å². The molecule has 0 unspecified atom stereocenters. The maximum Gasteiger partial charge on any atom is 0.344 e. The van der Waals surface area contributed by atoms with E-state index in [4.69, 9.17) is 14.9 Å². The summed E-state index contributed by atoms with van der Waals surface area (Å²) in [4.78, 5) is 23.8. The fraction of sp³-hybridized carbons (Fsp3) is 0.0588. The number of ether oxygens (including phenoxy) is 1. The number of primary amides is 1. The van der Waals surface area contributed by atoms with Crippen LogP contribution < -0.4 is 16.1 Å². The minimum Gasteiger partial charge on any atom is -0.497 e. The molecule has 0 aliphatic heterocycles. The molecule has 0 saturated carbocycles. The predicted octanol–water partition coefficient (Wildman–Crippen LogP) is 2.57. The second-order valence-electron chi connectivity index (χ2n) is 4.76. The van der Waals surface area contributed by atoms with Crippen LogP contribution in [0, 0.1) is 0 Å². The molecular weight excluding hydrogens is 282 g/mol. The van der Waals surface area contributed by atoms with Gasteiger partial charge in [0.05, 0.1) is 12.7 Å². The molecule has 0 bridgehead atoms. The van der Waals surface area contributed by atoms with Gasteiger partial charge in [0.2, 0.25) is 5.91 Å². The third kappa shape index (κ3) is 2.33. The third-order valence-corrected chi connectivity index (χ3v) is 3.43. The lowest BCUT2D eigenvalue weighted by Gasteiger charge is -2.07. The van der Waals surface area contributed by atoms with Gasteiger partial charge in [0.25, 0.3) is 0 Å². The van der Waals surface area contributed by atoms with Crippen LogP contribution in [0.15, 0.2) is 57.7 Å². The van der Waals surface area contributed by atoms with Crippen LogP contribution in [-0.4, -0.2) is 13.0 Å². The molecule has 3 aromatic rings. The second kappa shape index (κ2) is 5.37. The van der Waals surface area contributed by atoms with E-state index in [-0.39, 0.29) is 5.56 Å². The Balaban J connectivity index is 2.27. The van der Waals surface area contributed by atoms with Gasteiger partial charge < -0.3 is 14.9 Å². The Morgan fingerprint density at radius 2 is 1.86 bits per heavy atom. The number of hydrogen-bond acceptors (Lipinski definition) is 4. The molecule has 1 heterocycles. The number of nitrogens with two attached hydrogens (primary N) is 1. The normalized spacial score (nSPS) is 10.6. The summed E-state index contributed by atoms with van der Waals surface area (Å²) < 4.78 is 10.4. The molecule has 1 amide bonds. The summed E-state index contributed by atoms with van der Waals surface area (Å²) >= 11 is 0. The molecule has 2 aromatic carbocycles. The summed E-state index contributed by atoms with van der Waals surface area (Å²) in [5, 5.41) is 0.731. The molecule has 0 saturated heterocycles. The van der Waals surface area contributed by atoms with Crippen LogP contribution in [0.4, 0.5) is 0 Å². The highest BCUT2D eigenvalue weighted by Gasteiger charge is 2.14. The van der Waals surface area contributed by atoms with Crippen LogP contribution >= 0.6 is 0 Å². The lowest BCUT2D eigenvalue weighted by molar-refractivity contribution is 0.100. The first-order valence-corrected chi connectivity index (χ1v) is 6.61. The van der Waals surface area contributed by atoms with Crippen molar-refractivity contribution in [1.29, 1.82) is 0 Å². The smallest absolute Gasteiger partial charge is 0.344 e. The molecule has 1 aromatic heterocycles. The van der Waals surface area contributed by atoms with Crippen LogP contribution in [0.3, 0.4) is 0 Å². The van der Waals surface area contributed by atoms with Crippen molar-refractivity contribution in [3.8, 4) is 16.9 Å². The lowest BCUT2D eigenvalue weighted by Crippen LogP contribution is -2.14. The highest BCUT2D eigenvalue weighted by atomic mass is 16.5. The molecule has 0 atom stereocenters. The predicted molar refractivity (Wildman–Crippen MR) is 83.0 cm³/mol. The van der Waals surface area contributed by atoms with Gasteiger partial charge >= 0.3 is 5.63 Å². The largest absolute Gasteiger partial charge is 0.497 e. The van der Waals surface area contributed by atoms with E-state index in [0.717, 1.165) is 5.39 Å². The summed E-state index contributed by atoms with van der Waals surface area (Å²) in [6.45, 7) is 0. The zero-order valence-corrected chi connectivity index (χ0v) is 11.8. The van der Waals surface area contributed by atoms with Crippen molar-refractivity contribution >= 4 is 16.9 Å². The van der Waals surface area contributed by atoms with Crippen molar-refractivity contribution in [3.05, 3.63) is 64.5 Å². The average molecular weight is 295 g/mol. The van der Waals surface area contributed by atoms with Gasteiger partial charge in [0.15, 0.2) is 0 Å². The highest BCUT2D eigenvalue weighted by molar-refractivity contribution is 6.00. The monoisotopic (exact) mass is 295 g/mol. The number of benzene rings is 2. The Labute approximate surface area is 125 Å². The molecule has 0 aliphatic carbocycles. The lowest BCUT2D eigenvalue weighted by atomic mass is 10.00. The van der Waals surface area contributed by atoms with E-state index in [1.807, 2.05) is 0 Å². The highest BCUT2D eigenvalue weighted by Crippen LogP contribution is 2.26.